The Kier molecular flexibility index (Phi) is 4.36. The van der Waals surface area contributed by atoms with Crippen LogP contribution in [0, 0.1) is 0 Å². The van der Waals surface area contributed by atoms with Gasteiger partial charge in [0.05, 0.1) is 18.0 Å². The second-order valence-electron chi connectivity index (χ2n) is 7.39. The van der Waals surface area contributed by atoms with Gasteiger partial charge < -0.3 is 19.9 Å². The molecule has 2 N–H and O–H groups in total. The molecule has 0 unspecified atom stereocenters. The third kappa shape index (κ3) is 2.92. The van der Waals surface area contributed by atoms with E-state index in [0.717, 1.165) is 27.8 Å². The Morgan fingerprint density at radius 2 is 2.13 bits per heavy atom. The largest absolute Gasteiger partial charge is 0.493 e. The average molecular weight is 441 g/mol. The van der Waals surface area contributed by atoms with Gasteiger partial charge >= 0.3 is 4.87 Å². The van der Waals surface area contributed by atoms with Crippen LogP contribution in [0.15, 0.2) is 23.1 Å². The Morgan fingerprint density at radius 3 is 2.84 bits per heavy atom. The third-order valence-corrected chi connectivity index (χ3v) is 6.08. The van der Waals surface area contributed by atoms with Crippen LogP contribution in [-0.4, -0.2) is 39.1 Å². The summed E-state index contributed by atoms with van der Waals surface area (Å²) < 4.78 is 20.3. The molecule has 1 aromatic carbocycles. The fourth-order valence-corrected chi connectivity index (χ4v) is 4.78. The van der Waals surface area contributed by atoms with Crippen molar-refractivity contribution in [3.05, 3.63) is 28.0 Å². The minimum absolute atomic E-state index is 0.0385. The number of rotatable bonds is 5. The van der Waals surface area contributed by atoms with Crippen LogP contribution in [0.1, 0.15) is 19.9 Å². The standard InChI is InChI=1S/C20H19N5O5S/c1-9(2)25-18-11(6-22-25)15(10-4-12(28-3)16-13(5-10)29-8-30-16)17-19(23-18)24(7-14(21)26)20(27)31-17/h4-6,9H,7-8H2,1-3H3,(H2,21,26). The zero-order valence-corrected chi connectivity index (χ0v) is 17.9. The lowest BCUT2D eigenvalue weighted by molar-refractivity contribution is -0.118. The van der Waals surface area contributed by atoms with Crippen LogP contribution in [0.5, 0.6) is 17.2 Å². The number of benzene rings is 1. The lowest BCUT2D eigenvalue weighted by atomic mass is 10.0. The third-order valence-electron chi connectivity index (χ3n) is 5.10. The van der Waals surface area contributed by atoms with Gasteiger partial charge in [0.25, 0.3) is 0 Å². The Balaban J connectivity index is 1.91. The molecule has 10 nitrogen and oxygen atoms in total. The minimum atomic E-state index is -0.618. The maximum absolute atomic E-state index is 12.7. The highest BCUT2D eigenvalue weighted by atomic mass is 32.1. The van der Waals surface area contributed by atoms with E-state index in [-0.39, 0.29) is 24.3 Å². The fourth-order valence-electron chi connectivity index (χ4n) is 3.77. The number of carbonyl (C=O) groups excluding carboxylic acids is 1. The predicted octanol–water partition coefficient (Wildman–Crippen LogP) is 2.28. The van der Waals surface area contributed by atoms with Crippen molar-refractivity contribution in [3.8, 4) is 28.4 Å². The number of carbonyl (C=O) groups is 1. The summed E-state index contributed by atoms with van der Waals surface area (Å²) in [5.74, 6) is 0.980. The first kappa shape index (κ1) is 19.4. The van der Waals surface area contributed by atoms with E-state index < -0.39 is 5.91 Å². The Hall–Kier alpha value is -3.60. The number of fused-ring (bicyclic) bond motifs is 3. The van der Waals surface area contributed by atoms with Gasteiger partial charge in [-0.2, -0.15) is 5.10 Å². The summed E-state index contributed by atoms with van der Waals surface area (Å²) in [5, 5.41) is 5.28. The highest BCUT2D eigenvalue weighted by Crippen LogP contribution is 2.47. The molecule has 1 aliphatic heterocycles. The zero-order valence-electron chi connectivity index (χ0n) is 17.0. The van der Waals surface area contributed by atoms with Crippen molar-refractivity contribution in [2.75, 3.05) is 13.9 Å². The van der Waals surface area contributed by atoms with Gasteiger partial charge in [-0.25, -0.2) is 9.67 Å². The van der Waals surface area contributed by atoms with Crippen molar-refractivity contribution in [2.45, 2.75) is 26.4 Å². The number of methoxy groups -OCH3 is 1. The van der Waals surface area contributed by atoms with Crippen LogP contribution in [0.4, 0.5) is 0 Å². The maximum atomic E-state index is 12.7. The molecule has 31 heavy (non-hydrogen) atoms. The highest BCUT2D eigenvalue weighted by molar-refractivity contribution is 7.17. The summed E-state index contributed by atoms with van der Waals surface area (Å²) in [4.78, 5) is 28.7. The zero-order chi connectivity index (χ0) is 21.9. The van der Waals surface area contributed by atoms with Crippen LogP contribution < -0.4 is 24.8 Å². The van der Waals surface area contributed by atoms with Crippen molar-refractivity contribution in [3.63, 3.8) is 0 Å². The SMILES string of the molecule is COc1cc(-c2c3cnn(C(C)C)c3nc3c2sc(=O)n3CC(N)=O)cc2c1OCO2. The molecule has 1 amide bonds. The van der Waals surface area contributed by atoms with Crippen LogP contribution in [0.25, 0.3) is 32.5 Å². The molecular formula is C20H19N5O5S. The van der Waals surface area contributed by atoms with Gasteiger partial charge in [-0.1, -0.05) is 11.3 Å². The summed E-state index contributed by atoms with van der Waals surface area (Å²) in [5.41, 5.74) is 7.88. The number of hydrogen-bond donors (Lipinski definition) is 1. The molecule has 0 bridgehead atoms. The van der Waals surface area contributed by atoms with Gasteiger partial charge in [0.2, 0.25) is 18.4 Å². The number of nitrogens with two attached hydrogens (primary N) is 1. The van der Waals surface area contributed by atoms with Crippen LogP contribution in [0.2, 0.25) is 0 Å². The van der Waals surface area contributed by atoms with E-state index in [1.165, 1.54) is 4.57 Å². The van der Waals surface area contributed by atoms with Crippen molar-refractivity contribution < 1.29 is 19.0 Å². The van der Waals surface area contributed by atoms with Crippen molar-refractivity contribution in [1.82, 2.24) is 19.3 Å². The van der Waals surface area contributed by atoms with E-state index in [9.17, 15) is 9.59 Å². The smallest absolute Gasteiger partial charge is 0.309 e. The number of aromatic nitrogens is 4. The van der Waals surface area contributed by atoms with Crippen molar-refractivity contribution in [2.24, 2.45) is 5.73 Å². The second-order valence-corrected chi connectivity index (χ2v) is 8.35. The van der Waals surface area contributed by atoms with Gasteiger partial charge in [-0.15, -0.1) is 0 Å². The van der Waals surface area contributed by atoms with Crippen LogP contribution in [-0.2, 0) is 11.3 Å². The highest BCUT2D eigenvalue weighted by Gasteiger charge is 2.26. The molecule has 3 aromatic heterocycles. The normalized spacial score (nSPS) is 12.9. The first-order valence-electron chi connectivity index (χ1n) is 9.56. The topological polar surface area (TPSA) is 123 Å². The quantitative estimate of drug-likeness (QED) is 0.504. The molecule has 5 rings (SSSR count). The number of nitrogens with zero attached hydrogens (tertiary/aromatic N) is 4. The molecule has 0 fully saturated rings. The molecule has 160 valence electrons. The molecule has 4 aromatic rings. The Morgan fingerprint density at radius 1 is 1.32 bits per heavy atom. The number of hydrogen-bond acceptors (Lipinski definition) is 8. The summed E-state index contributed by atoms with van der Waals surface area (Å²) >= 11 is 1.01. The van der Waals surface area contributed by atoms with Crippen LogP contribution >= 0.6 is 11.3 Å². The molecule has 11 heteroatoms. The fraction of sp³-hybridized carbons (Fsp3) is 0.300. The number of thiazole rings is 1. The van der Waals surface area contributed by atoms with Crippen LogP contribution in [0.3, 0.4) is 0 Å². The Labute approximate surface area is 179 Å². The van der Waals surface area contributed by atoms with E-state index in [1.54, 1.807) is 18.0 Å². The second kappa shape index (κ2) is 6.98. The summed E-state index contributed by atoms with van der Waals surface area (Å²) in [6.45, 7) is 3.83. The molecule has 4 heterocycles. The summed E-state index contributed by atoms with van der Waals surface area (Å²) in [7, 11) is 1.55. The minimum Gasteiger partial charge on any atom is -0.493 e. The monoisotopic (exact) mass is 441 g/mol. The predicted molar refractivity (Wildman–Crippen MR) is 115 cm³/mol. The lowest BCUT2D eigenvalue weighted by Crippen LogP contribution is -2.24. The van der Waals surface area contributed by atoms with E-state index in [4.69, 9.17) is 24.9 Å². The molecular weight excluding hydrogens is 422 g/mol. The van der Waals surface area contributed by atoms with E-state index in [1.807, 2.05) is 26.0 Å². The molecule has 1 aliphatic rings. The lowest BCUT2D eigenvalue weighted by Gasteiger charge is -2.12. The van der Waals surface area contributed by atoms with E-state index in [2.05, 4.69) is 5.10 Å². The van der Waals surface area contributed by atoms with Gasteiger partial charge in [-0.05, 0) is 31.5 Å². The van der Waals surface area contributed by atoms with Gasteiger partial charge in [0.1, 0.15) is 6.54 Å². The number of primary amides is 1. The number of amides is 1. The van der Waals surface area contributed by atoms with E-state index >= 15 is 0 Å². The summed E-state index contributed by atoms with van der Waals surface area (Å²) in [6.07, 6.45) is 1.73. The van der Waals surface area contributed by atoms with Crippen molar-refractivity contribution >= 4 is 38.6 Å². The molecule has 0 aliphatic carbocycles. The average Bonchev–Trinajstić information content (AvgIpc) is 3.43. The molecule has 0 saturated carbocycles. The molecule has 0 radical (unpaired) electrons. The van der Waals surface area contributed by atoms with Gasteiger partial charge in [0, 0.05) is 17.0 Å². The molecule has 0 atom stereocenters. The van der Waals surface area contributed by atoms with E-state index in [0.29, 0.717) is 33.2 Å². The first-order valence-corrected chi connectivity index (χ1v) is 10.4. The molecule has 0 spiro atoms. The molecule has 0 saturated heterocycles. The van der Waals surface area contributed by atoms with Gasteiger partial charge in [0.15, 0.2) is 22.8 Å². The number of pyridine rings is 1. The maximum Gasteiger partial charge on any atom is 0.309 e. The number of ether oxygens (including phenoxy) is 3. The first-order chi connectivity index (χ1) is 14.9. The Bertz CT molecular complexity index is 1420. The summed E-state index contributed by atoms with van der Waals surface area (Å²) in [6, 6.07) is 3.71. The van der Waals surface area contributed by atoms with Gasteiger partial charge in [-0.3, -0.25) is 14.2 Å². The van der Waals surface area contributed by atoms with Crippen molar-refractivity contribution in [1.29, 1.82) is 0 Å².